The van der Waals surface area contributed by atoms with Gasteiger partial charge in [-0.25, -0.2) is 18.7 Å². The lowest BCUT2D eigenvalue weighted by molar-refractivity contribution is -0.134. The van der Waals surface area contributed by atoms with Crippen LogP contribution < -0.4 is 10.1 Å². The number of aromatic nitrogens is 2. The van der Waals surface area contributed by atoms with Crippen molar-refractivity contribution in [3.63, 3.8) is 0 Å². The third-order valence-electron chi connectivity index (χ3n) is 5.82. The fourth-order valence-corrected chi connectivity index (χ4v) is 4.08. The molecule has 1 amide bonds. The van der Waals surface area contributed by atoms with E-state index in [2.05, 4.69) is 15.3 Å². The molecule has 1 saturated heterocycles. The number of carbonyl (C=O) groups is 1. The van der Waals surface area contributed by atoms with Crippen LogP contribution >= 0.6 is 0 Å². The van der Waals surface area contributed by atoms with Crippen LogP contribution in [0.3, 0.4) is 0 Å². The van der Waals surface area contributed by atoms with Gasteiger partial charge in [0.2, 0.25) is 5.91 Å². The van der Waals surface area contributed by atoms with Crippen LogP contribution in [-0.2, 0) is 4.79 Å². The molecular formula is C21H24F2N4O2. The van der Waals surface area contributed by atoms with Gasteiger partial charge in [-0.05, 0) is 37.3 Å². The number of ether oxygens (including phenoxy) is 1. The van der Waals surface area contributed by atoms with Crippen molar-refractivity contribution in [3.05, 3.63) is 47.8 Å². The predicted molar refractivity (Wildman–Crippen MR) is 104 cm³/mol. The summed E-state index contributed by atoms with van der Waals surface area (Å²) in [4.78, 5) is 23.0. The molecule has 4 rings (SSSR count). The summed E-state index contributed by atoms with van der Waals surface area (Å²) in [6.45, 7) is 2.04. The molecule has 29 heavy (non-hydrogen) atoms. The molecule has 6 nitrogen and oxygen atoms in total. The van der Waals surface area contributed by atoms with E-state index < -0.39 is 11.6 Å². The Morgan fingerprint density at radius 2 is 1.90 bits per heavy atom. The zero-order valence-corrected chi connectivity index (χ0v) is 16.3. The number of halogens is 2. The third-order valence-corrected chi connectivity index (χ3v) is 5.82. The summed E-state index contributed by atoms with van der Waals surface area (Å²) in [6, 6.07) is 3.86. The van der Waals surface area contributed by atoms with Crippen molar-refractivity contribution in [3.8, 4) is 5.88 Å². The maximum absolute atomic E-state index is 14.0. The maximum Gasteiger partial charge on any atom is 0.257 e. The molecule has 0 spiro atoms. The number of nitrogens with one attached hydrogen (secondary N) is 1. The number of hydrogen-bond acceptors (Lipinski definition) is 5. The molecule has 2 atom stereocenters. The van der Waals surface area contributed by atoms with Crippen LogP contribution in [0.1, 0.15) is 30.7 Å². The average Bonchev–Trinajstić information content (AvgIpc) is 3.52. The molecule has 0 radical (unpaired) electrons. The molecule has 1 aliphatic heterocycles. The summed E-state index contributed by atoms with van der Waals surface area (Å²) in [5, 5.41) is 3.27. The molecule has 1 aromatic carbocycles. The molecule has 2 aliphatic rings. The van der Waals surface area contributed by atoms with Crippen molar-refractivity contribution in [1.29, 1.82) is 0 Å². The average molecular weight is 402 g/mol. The zero-order chi connectivity index (χ0) is 20.4. The highest BCUT2D eigenvalue weighted by Crippen LogP contribution is 2.50. The number of carbonyl (C=O) groups excluding carboxylic acids is 1. The molecule has 2 heterocycles. The third kappa shape index (κ3) is 4.16. The standard InChI is InChI=1S/C21H24F2N4O2/c1-29-20-19(24-7-8-25-20)26-12-13-5-9-27(10-6-13)21(28)15-11-14(15)18-16(22)3-2-4-17(18)23/h2-4,7-8,13-15H,5-6,9-12H2,1H3,(H,24,26)/t14-,15?/m1/s1. The van der Waals surface area contributed by atoms with Crippen molar-refractivity contribution in [1.82, 2.24) is 14.9 Å². The van der Waals surface area contributed by atoms with Crippen LogP contribution in [0.25, 0.3) is 0 Å². The number of anilines is 1. The van der Waals surface area contributed by atoms with Gasteiger partial charge in [0, 0.05) is 49.4 Å². The number of amides is 1. The molecule has 1 aliphatic carbocycles. The second-order valence-corrected chi connectivity index (χ2v) is 7.65. The summed E-state index contributed by atoms with van der Waals surface area (Å²) >= 11 is 0. The van der Waals surface area contributed by atoms with Crippen molar-refractivity contribution in [2.24, 2.45) is 11.8 Å². The summed E-state index contributed by atoms with van der Waals surface area (Å²) < 4.78 is 33.1. The topological polar surface area (TPSA) is 67.4 Å². The molecule has 1 unspecified atom stereocenters. The lowest BCUT2D eigenvalue weighted by Gasteiger charge is -2.32. The molecule has 1 saturated carbocycles. The zero-order valence-electron chi connectivity index (χ0n) is 16.3. The first-order chi connectivity index (χ1) is 14.1. The van der Waals surface area contributed by atoms with E-state index in [4.69, 9.17) is 4.74 Å². The van der Waals surface area contributed by atoms with Crippen LogP contribution in [0.4, 0.5) is 14.6 Å². The quantitative estimate of drug-likeness (QED) is 0.804. The first kappa shape index (κ1) is 19.5. The highest BCUT2D eigenvalue weighted by atomic mass is 19.1. The second-order valence-electron chi connectivity index (χ2n) is 7.65. The first-order valence-electron chi connectivity index (χ1n) is 9.90. The fraction of sp³-hybridized carbons (Fsp3) is 0.476. The van der Waals surface area contributed by atoms with E-state index in [9.17, 15) is 13.6 Å². The maximum atomic E-state index is 14.0. The van der Waals surface area contributed by atoms with Crippen LogP contribution in [-0.4, -0.2) is 47.5 Å². The number of piperidine rings is 1. The van der Waals surface area contributed by atoms with Crippen LogP contribution in [0, 0.1) is 23.5 Å². The van der Waals surface area contributed by atoms with E-state index in [0.717, 1.165) is 19.4 Å². The van der Waals surface area contributed by atoms with E-state index >= 15 is 0 Å². The summed E-state index contributed by atoms with van der Waals surface area (Å²) in [5.41, 5.74) is 0.0582. The Bertz CT molecular complexity index is 866. The Labute approximate surface area is 168 Å². The Kier molecular flexibility index (Phi) is 5.60. The molecule has 1 aromatic heterocycles. The monoisotopic (exact) mass is 402 g/mol. The van der Waals surface area contributed by atoms with Gasteiger partial charge >= 0.3 is 0 Å². The van der Waals surface area contributed by atoms with E-state index in [-0.39, 0.29) is 23.3 Å². The van der Waals surface area contributed by atoms with Crippen LogP contribution in [0.15, 0.2) is 30.6 Å². The molecular weight excluding hydrogens is 378 g/mol. The van der Waals surface area contributed by atoms with Crippen LogP contribution in [0.2, 0.25) is 0 Å². The molecule has 0 bridgehead atoms. The van der Waals surface area contributed by atoms with Gasteiger partial charge < -0.3 is 15.0 Å². The van der Waals surface area contributed by atoms with Gasteiger partial charge in [0.1, 0.15) is 11.6 Å². The van der Waals surface area contributed by atoms with E-state index in [1.807, 2.05) is 4.90 Å². The SMILES string of the molecule is COc1nccnc1NCC1CCN(C(=O)C2C[C@H]2c2c(F)cccc2F)CC1. The molecule has 154 valence electrons. The largest absolute Gasteiger partial charge is 0.478 e. The minimum atomic E-state index is -0.561. The van der Waals surface area contributed by atoms with E-state index in [0.29, 0.717) is 37.1 Å². The van der Waals surface area contributed by atoms with Gasteiger partial charge in [-0.1, -0.05) is 6.07 Å². The van der Waals surface area contributed by atoms with E-state index in [1.165, 1.54) is 18.2 Å². The number of likely N-dealkylation sites (tertiary alicyclic amines) is 1. The normalized spacial score (nSPS) is 21.7. The highest BCUT2D eigenvalue weighted by Gasteiger charge is 2.48. The summed E-state index contributed by atoms with van der Waals surface area (Å²) in [7, 11) is 1.55. The minimum absolute atomic E-state index is 0.0136. The Hall–Kier alpha value is -2.77. The predicted octanol–water partition coefficient (Wildman–Crippen LogP) is 3.22. The number of methoxy groups -OCH3 is 1. The highest BCUT2D eigenvalue weighted by molar-refractivity contribution is 5.83. The van der Waals surface area contributed by atoms with Gasteiger partial charge in [-0.15, -0.1) is 0 Å². The van der Waals surface area contributed by atoms with Gasteiger partial charge in [-0.2, -0.15) is 0 Å². The van der Waals surface area contributed by atoms with Crippen molar-refractivity contribution >= 4 is 11.7 Å². The molecule has 1 N–H and O–H groups in total. The smallest absolute Gasteiger partial charge is 0.257 e. The Morgan fingerprint density at radius 3 is 2.59 bits per heavy atom. The van der Waals surface area contributed by atoms with Crippen molar-refractivity contribution in [2.75, 3.05) is 32.1 Å². The fourth-order valence-electron chi connectivity index (χ4n) is 4.08. The Balaban J connectivity index is 1.27. The summed E-state index contributed by atoms with van der Waals surface area (Å²) in [6.07, 6.45) is 5.44. The minimum Gasteiger partial charge on any atom is -0.478 e. The van der Waals surface area contributed by atoms with Gasteiger partial charge in [0.05, 0.1) is 7.11 Å². The van der Waals surface area contributed by atoms with Crippen molar-refractivity contribution in [2.45, 2.75) is 25.2 Å². The molecule has 2 aromatic rings. The lowest BCUT2D eigenvalue weighted by Crippen LogP contribution is -2.41. The number of benzene rings is 1. The van der Waals surface area contributed by atoms with Gasteiger partial charge in [-0.3, -0.25) is 4.79 Å². The lowest BCUT2D eigenvalue weighted by atomic mass is 9.96. The summed E-state index contributed by atoms with van der Waals surface area (Å²) in [5.74, 6) is -0.276. The molecule has 2 fully saturated rings. The molecule has 8 heteroatoms. The number of nitrogens with zero attached hydrogens (tertiary/aromatic N) is 3. The van der Waals surface area contributed by atoms with Gasteiger partial charge in [0.25, 0.3) is 5.88 Å². The first-order valence-corrected chi connectivity index (χ1v) is 9.90. The van der Waals surface area contributed by atoms with Gasteiger partial charge in [0.15, 0.2) is 5.82 Å². The number of hydrogen-bond donors (Lipinski definition) is 1. The Morgan fingerprint density at radius 1 is 1.21 bits per heavy atom. The van der Waals surface area contributed by atoms with Crippen molar-refractivity contribution < 1.29 is 18.3 Å². The van der Waals surface area contributed by atoms with E-state index in [1.54, 1.807) is 19.5 Å². The van der Waals surface area contributed by atoms with Crippen LogP contribution in [0.5, 0.6) is 5.88 Å². The second kappa shape index (κ2) is 8.31. The number of rotatable bonds is 6.